The Morgan fingerprint density at radius 2 is 2.00 bits per heavy atom. The maximum absolute atomic E-state index is 12.2. The molecule has 1 rings (SSSR count). The first-order chi connectivity index (χ1) is 8.00. The molecule has 4 heteroatoms. The van der Waals surface area contributed by atoms with Crippen LogP contribution >= 0.6 is 0 Å². The molecule has 0 spiro atoms. The van der Waals surface area contributed by atoms with Crippen molar-refractivity contribution in [3.63, 3.8) is 0 Å². The number of amides is 1. The smallest absolute Gasteiger partial charge is 0.227 e. The zero-order valence-corrected chi connectivity index (χ0v) is 11.5. The van der Waals surface area contributed by atoms with Crippen molar-refractivity contribution in [3.8, 4) is 0 Å². The lowest BCUT2D eigenvalue weighted by Crippen LogP contribution is -2.47. The Morgan fingerprint density at radius 1 is 1.41 bits per heavy atom. The van der Waals surface area contributed by atoms with Gasteiger partial charge in [-0.05, 0) is 46.8 Å². The largest absolute Gasteiger partial charge is 0.353 e. The first-order valence-corrected chi connectivity index (χ1v) is 6.66. The third-order valence-electron chi connectivity index (χ3n) is 3.82. The molecule has 1 fully saturated rings. The molecule has 17 heavy (non-hydrogen) atoms. The van der Waals surface area contributed by atoms with Gasteiger partial charge in [0.25, 0.3) is 0 Å². The molecule has 100 valence electrons. The molecule has 0 heterocycles. The van der Waals surface area contributed by atoms with E-state index in [9.17, 15) is 4.79 Å². The molecule has 1 atom stereocenters. The number of hydrogen-bond acceptors (Lipinski definition) is 3. The Hall–Kier alpha value is -0.610. The van der Waals surface area contributed by atoms with Crippen LogP contribution in [0.15, 0.2) is 0 Å². The zero-order chi connectivity index (χ0) is 12.9. The van der Waals surface area contributed by atoms with Gasteiger partial charge in [0.05, 0.1) is 5.41 Å². The summed E-state index contributed by atoms with van der Waals surface area (Å²) in [5, 5.41) is 3.12. The highest BCUT2D eigenvalue weighted by Crippen LogP contribution is 2.37. The van der Waals surface area contributed by atoms with Crippen LogP contribution in [0.5, 0.6) is 0 Å². The van der Waals surface area contributed by atoms with E-state index in [2.05, 4.69) is 17.1 Å². The molecular weight excluding hydrogens is 214 g/mol. The summed E-state index contributed by atoms with van der Waals surface area (Å²) in [5.41, 5.74) is 5.53. The average molecular weight is 241 g/mol. The number of nitrogens with two attached hydrogens (primary N) is 1. The van der Waals surface area contributed by atoms with E-state index < -0.39 is 0 Å². The Kier molecular flexibility index (Phi) is 5.40. The second-order valence-electron chi connectivity index (χ2n) is 5.66. The van der Waals surface area contributed by atoms with E-state index in [-0.39, 0.29) is 17.4 Å². The van der Waals surface area contributed by atoms with Crippen molar-refractivity contribution in [2.24, 2.45) is 11.1 Å². The third kappa shape index (κ3) is 3.96. The normalized spacial score (nSPS) is 20.5. The summed E-state index contributed by atoms with van der Waals surface area (Å²) >= 11 is 0. The first kappa shape index (κ1) is 14.5. The Balaban J connectivity index is 2.41. The number of rotatable bonds is 6. The third-order valence-corrected chi connectivity index (χ3v) is 3.82. The van der Waals surface area contributed by atoms with E-state index in [1.54, 1.807) is 0 Å². The number of nitrogens with one attached hydrogen (secondary N) is 1. The molecule has 0 aromatic rings. The molecule has 1 saturated carbocycles. The van der Waals surface area contributed by atoms with Crippen LogP contribution in [-0.4, -0.2) is 44.0 Å². The lowest BCUT2D eigenvalue weighted by atomic mass is 9.85. The topological polar surface area (TPSA) is 58.4 Å². The van der Waals surface area contributed by atoms with Crippen molar-refractivity contribution in [2.75, 3.05) is 27.2 Å². The molecule has 0 saturated heterocycles. The summed E-state index contributed by atoms with van der Waals surface area (Å²) in [7, 11) is 4.10. The van der Waals surface area contributed by atoms with Crippen molar-refractivity contribution in [1.82, 2.24) is 10.2 Å². The number of nitrogens with zero attached hydrogens (tertiary/aromatic N) is 1. The van der Waals surface area contributed by atoms with Gasteiger partial charge in [0.2, 0.25) is 5.91 Å². The van der Waals surface area contributed by atoms with Gasteiger partial charge in [-0.3, -0.25) is 4.79 Å². The van der Waals surface area contributed by atoms with Crippen LogP contribution in [-0.2, 0) is 4.79 Å². The summed E-state index contributed by atoms with van der Waals surface area (Å²) in [5.74, 6) is 0.170. The van der Waals surface area contributed by atoms with E-state index >= 15 is 0 Å². The van der Waals surface area contributed by atoms with Crippen LogP contribution in [0.1, 0.15) is 39.0 Å². The molecule has 0 aromatic carbocycles. The van der Waals surface area contributed by atoms with Gasteiger partial charge in [-0.25, -0.2) is 0 Å². The molecule has 1 amide bonds. The fourth-order valence-electron chi connectivity index (χ4n) is 2.48. The minimum absolute atomic E-state index is 0.170. The molecule has 1 unspecified atom stereocenters. The van der Waals surface area contributed by atoms with E-state index in [0.717, 1.165) is 38.6 Å². The summed E-state index contributed by atoms with van der Waals surface area (Å²) in [6, 6.07) is 0.230. The fraction of sp³-hybridized carbons (Fsp3) is 0.923. The maximum atomic E-state index is 12.2. The van der Waals surface area contributed by atoms with E-state index in [0.29, 0.717) is 6.54 Å². The van der Waals surface area contributed by atoms with Crippen LogP contribution in [0.4, 0.5) is 0 Å². The van der Waals surface area contributed by atoms with Crippen molar-refractivity contribution in [2.45, 2.75) is 45.1 Å². The van der Waals surface area contributed by atoms with Gasteiger partial charge in [0.15, 0.2) is 0 Å². The Morgan fingerprint density at radius 3 is 2.47 bits per heavy atom. The van der Waals surface area contributed by atoms with Crippen molar-refractivity contribution in [1.29, 1.82) is 0 Å². The summed E-state index contributed by atoms with van der Waals surface area (Å²) in [6.07, 6.45) is 5.16. The predicted molar refractivity (Wildman–Crippen MR) is 70.7 cm³/mol. The second-order valence-corrected chi connectivity index (χ2v) is 5.66. The van der Waals surface area contributed by atoms with Crippen molar-refractivity contribution < 1.29 is 4.79 Å². The molecule has 1 aliphatic rings. The molecule has 0 bridgehead atoms. The van der Waals surface area contributed by atoms with Gasteiger partial charge in [0.1, 0.15) is 0 Å². The predicted octanol–water partition coefficient (Wildman–Crippen LogP) is 0.962. The molecule has 0 aliphatic heterocycles. The minimum atomic E-state index is -0.271. The maximum Gasteiger partial charge on any atom is 0.227 e. The molecule has 0 radical (unpaired) electrons. The number of hydrogen-bond donors (Lipinski definition) is 2. The van der Waals surface area contributed by atoms with Crippen molar-refractivity contribution in [3.05, 3.63) is 0 Å². The minimum Gasteiger partial charge on any atom is -0.353 e. The Bertz CT molecular complexity index is 247. The fourth-order valence-corrected chi connectivity index (χ4v) is 2.48. The highest BCUT2D eigenvalue weighted by Gasteiger charge is 2.39. The summed E-state index contributed by atoms with van der Waals surface area (Å²) < 4.78 is 0. The summed E-state index contributed by atoms with van der Waals surface area (Å²) in [4.78, 5) is 14.4. The van der Waals surface area contributed by atoms with Gasteiger partial charge < -0.3 is 16.0 Å². The van der Waals surface area contributed by atoms with Gasteiger partial charge in [0, 0.05) is 12.6 Å². The molecule has 4 nitrogen and oxygen atoms in total. The number of carbonyl (C=O) groups excluding carboxylic acids is 1. The quantitative estimate of drug-likeness (QED) is 0.728. The lowest BCUT2D eigenvalue weighted by Gasteiger charge is -2.28. The van der Waals surface area contributed by atoms with Gasteiger partial charge >= 0.3 is 0 Å². The van der Waals surface area contributed by atoms with Crippen LogP contribution in [0.2, 0.25) is 0 Å². The van der Waals surface area contributed by atoms with Gasteiger partial charge in [-0.15, -0.1) is 0 Å². The molecule has 3 N–H and O–H groups in total. The standard InChI is InChI=1S/C13H27N3O/c1-11(6-9-16(2)3)15-12(17)13(10-14)7-4-5-8-13/h11H,4-10,14H2,1-3H3,(H,15,17). The van der Waals surface area contributed by atoms with Gasteiger partial charge in [-0.2, -0.15) is 0 Å². The SMILES string of the molecule is CC(CCN(C)C)NC(=O)C1(CN)CCCC1. The van der Waals surface area contributed by atoms with E-state index in [1.165, 1.54) is 0 Å². The monoisotopic (exact) mass is 241 g/mol. The van der Waals surface area contributed by atoms with Crippen LogP contribution in [0.3, 0.4) is 0 Å². The second kappa shape index (κ2) is 6.36. The van der Waals surface area contributed by atoms with E-state index in [1.807, 2.05) is 14.1 Å². The molecule has 0 aromatic heterocycles. The van der Waals surface area contributed by atoms with Crippen LogP contribution in [0, 0.1) is 5.41 Å². The van der Waals surface area contributed by atoms with Gasteiger partial charge in [-0.1, -0.05) is 12.8 Å². The highest BCUT2D eigenvalue weighted by atomic mass is 16.2. The lowest BCUT2D eigenvalue weighted by molar-refractivity contribution is -0.131. The average Bonchev–Trinajstić information content (AvgIpc) is 2.76. The Labute approximate surface area is 105 Å². The zero-order valence-electron chi connectivity index (χ0n) is 11.5. The van der Waals surface area contributed by atoms with E-state index in [4.69, 9.17) is 5.73 Å². The number of carbonyl (C=O) groups is 1. The van der Waals surface area contributed by atoms with Crippen LogP contribution < -0.4 is 11.1 Å². The first-order valence-electron chi connectivity index (χ1n) is 6.66. The highest BCUT2D eigenvalue weighted by molar-refractivity contribution is 5.83. The molecular formula is C13H27N3O. The summed E-state index contributed by atoms with van der Waals surface area (Å²) in [6.45, 7) is 3.55. The molecule has 1 aliphatic carbocycles. The van der Waals surface area contributed by atoms with Crippen LogP contribution in [0.25, 0.3) is 0 Å². The van der Waals surface area contributed by atoms with Crippen molar-refractivity contribution >= 4 is 5.91 Å².